The fraction of sp³-hybridized carbons (Fsp3) is 0. The first kappa shape index (κ1) is 14.7. The van der Waals surface area contributed by atoms with Gasteiger partial charge in [-0.3, -0.25) is 25.2 Å². The topological polar surface area (TPSA) is 111 Å². The smallest absolute Gasteiger partial charge is 0.277 e. The van der Waals surface area contributed by atoms with Crippen LogP contribution < -0.4 is 5.32 Å². The summed E-state index contributed by atoms with van der Waals surface area (Å²) in [6.07, 6.45) is 4.27. The third-order valence-corrected chi connectivity index (χ3v) is 3.65. The number of carbonyl (C=O) groups excluding carboxylic acids is 1. The van der Waals surface area contributed by atoms with Gasteiger partial charge in [-0.2, -0.15) is 0 Å². The molecule has 0 bridgehead atoms. The Labute approximate surface area is 134 Å². The van der Waals surface area contributed by atoms with Crippen molar-refractivity contribution in [1.82, 2.24) is 15.0 Å². The Morgan fingerprint density at radius 2 is 2.00 bits per heavy atom. The van der Waals surface area contributed by atoms with E-state index in [0.717, 1.165) is 5.56 Å². The molecular formula is C14H9N5O3S. The standard InChI is InChI=1S/C14H9N5O3S/c20-13(11-7-15-5-6-16-11)18-14-17-12(8-23-14)9-1-3-10(4-2-9)19(21)22/h1-8H,(H,17,18,20). The van der Waals surface area contributed by atoms with Gasteiger partial charge in [0, 0.05) is 35.5 Å². The van der Waals surface area contributed by atoms with Gasteiger partial charge in [-0.1, -0.05) is 0 Å². The largest absolute Gasteiger partial charge is 0.296 e. The van der Waals surface area contributed by atoms with Crippen LogP contribution in [0.5, 0.6) is 0 Å². The number of nitrogens with one attached hydrogen (secondary N) is 1. The molecular weight excluding hydrogens is 318 g/mol. The minimum atomic E-state index is -0.461. The molecule has 0 fully saturated rings. The van der Waals surface area contributed by atoms with E-state index in [1.165, 1.54) is 42.1 Å². The normalized spacial score (nSPS) is 10.3. The van der Waals surface area contributed by atoms with E-state index in [0.29, 0.717) is 10.8 Å². The Bertz CT molecular complexity index is 848. The van der Waals surface area contributed by atoms with E-state index in [1.54, 1.807) is 17.5 Å². The van der Waals surface area contributed by atoms with Crippen molar-refractivity contribution in [3.8, 4) is 11.3 Å². The quantitative estimate of drug-likeness (QED) is 0.582. The van der Waals surface area contributed by atoms with Gasteiger partial charge in [0.1, 0.15) is 5.69 Å². The summed E-state index contributed by atoms with van der Waals surface area (Å²) in [6.45, 7) is 0. The SMILES string of the molecule is O=C(Nc1nc(-c2ccc([N+](=O)[O-])cc2)cs1)c1cnccn1. The molecule has 2 aromatic heterocycles. The van der Waals surface area contributed by atoms with Crippen molar-refractivity contribution in [3.63, 3.8) is 0 Å². The Morgan fingerprint density at radius 3 is 2.65 bits per heavy atom. The lowest BCUT2D eigenvalue weighted by molar-refractivity contribution is -0.384. The number of aromatic nitrogens is 3. The number of benzene rings is 1. The van der Waals surface area contributed by atoms with Gasteiger partial charge < -0.3 is 0 Å². The van der Waals surface area contributed by atoms with Crippen molar-refractivity contribution in [1.29, 1.82) is 0 Å². The molecule has 0 spiro atoms. The van der Waals surface area contributed by atoms with Crippen molar-refractivity contribution in [3.05, 3.63) is 64.0 Å². The van der Waals surface area contributed by atoms with E-state index in [-0.39, 0.29) is 11.4 Å². The maximum absolute atomic E-state index is 12.0. The van der Waals surface area contributed by atoms with E-state index in [9.17, 15) is 14.9 Å². The number of hydrogen-bond donors (Lipinski definition) is 1. The Kier molecular flexibility index (Phi) is 4.02. The molecule has 0 aliphatic carbocycles. The molecule has 9 heteroatoms. The number of hydrogen-bond acceptors (Lipinski definition) is 7. The minimum absolute atomic E-state index is 0.0140. The number of rotatable bonds is 4. The summed E-state index contributed by atoms with van der Waals surface area (Å²) in [5, 5.41) is 15.4. The highest BCUT2D eigenvalue weighted by Crippen LogP contribution is 2.26. The first-order valence-electron chi connectivity index (χ1n) is 6.41. The lowest BCUT2D eigenvalue weighted by atomic mass is 10.1. The predicted molar refractivity (Wildman–Crippen MR) is 84.2 cm³/mol. The van der Waals surface area contributed by atoms with E-state index < -0.39 is 10.8 Å². The van der Waals surface area contributed by atoms with Crippen LogP contribution in [0.2, 0.25) is 0 Å². The molecule has 1 aromatic carbocycles. The van der Waals surface area contributed by atoms with Crippen molar-refractivity contribution in [2.45, 2.75) is 0 Å². The van der Waals surface area contributed by atoms with E-state index in [1.807, 2.05) is 0 Å². The monoisotopic (exact) mass is 327 g/mol. The van der Waals surface area contributed by atoms with Crippen LogP contribution >= 0.6 is 11.3 Å². The second-order valence-electron chi connectivity index (χ2n) is 4.39. The van der Waals surface area contributed by atoms with Gasteiger partial charge >= 0.3 is 0 Å². The summed E-state index contributed by atoms with van der Waals surface area (Å²) in [5.41, 5.74) is 1.56. The van der Waals surface area contributed by atoms with Crippen LogP contribution in [0.15, 0.2) is 48.2 Å². The zero-order valence-corrected chi connectivity index (χ0v) is 12.4. The highest BCUT2D eigenvalue weighted by Gasteiger charge is 2.12. The molecule has 2 heterocycles. The molecule has 0 unspecified atom stereocenters. The van der Waals surface area contributed by atoms with Crippen LogP contribution in [0.3, 0.4) is 0 Å². The zero-order valence-electron chi connectivity index (χ0n) is 11.5. The number of nitrogens with zero attached hydrogens (tertiary/aromatic N) is 4. The molecule has 114 valence electrons. The third-order valence-electron chi connectivity index (χ3n) is 2.89. The molecule has 3 aromatic rings. The van der Waals surface area contributed by atoms with Gasteiger partial charge in [-0.25, -0.2) is 9.97 Å². The number of amides is 1. The molecule has 0 saturated heterocycles. The van der Waals surface area contributed by atoms with Gasteiger partial charge in [0.2, 0.25) is 0 Å². The number of anilines is 1. The molecule has 23 heavy (non-hydrogen) atoms. The van der Waals surface area contributed by atoms with Crippen LogP contribution in [-0.4, -0.2) is 25.8 Å². The lowest BCUT2D eigenvalue weighted by Gasteiger charge is -1.99. The summed E-state index contributed by atoms with van der Waals surface area (Å²) < 4.78 is 0. The molecule has 0 atom stereocenters. The first-order valence-corrected chi connectivity index (χ1v) is 7.29. The molecule has 0 aliphatic rings. The van der Waals surface area contributed by atoms with Crippen molar-refractivity contribution >= 4 is 28.1 Å². The summed E-state index contributed by atoms with van der Waals surface area (Å²) in [6, 6.07) is 6.04. The summed E-state index contributed by atoms with van der Waals surface area (Å²) in [5.74, 6) is -0.400. The molecule has 1 amide bonds. The maximum Gasteiger partial charge on any atom is 0.277 e. The fourth-order valence-electron chi connectivity index (χ4n) is 1.80. The van der Waals surface area contributed by atoms with Gasteiger partial charge in [0.15, 0.2) is 5.13 Å². The molecule has 1 N–H and O–H groups in total. The average molecular weight is 327 g/mol. The predicted octanol–water partition coefficient (Wildman–Crippen LogP) is 2.76. The Hall–Kier alpha value is -3.20. The number of thiazole rings is 1. The van der Waals surface area contributed by atoms with Gasteiger partial charge in [-0.05, 0) is 12.1 Å². The van der Waals surface area contributed by atoms with Crippen molar-refractivity contribution in [2.24, 2.45) is 0 Å². The highest BCUT2D eigenvalue weighted by atomic mass is 32.1. The molecule has 0 saturated carbocycles. The Balaban J connectivity index is 1.75. The molecule has 8 nitrogen and oxygen atoms in total. The summed E-state index contributed by atoms with van der Waals surface area (Å²) >= 11 is 1.25. The second kappa shape index (κ2) is 6.28. The number of non-ortho nitro benzene ring substituents is 1. The third kappa shape index (κ3) is 3.35. The number of nitro groups is 1. The highest BCUT2D eigenvalue weighted by molar-refractivity contribution is 7.14. The average Bonchev–Trinajstić information content (AvgIpc) is 3.04. The van der Waals surface area contributed by atoms with Gasteiger partial charge in [-0.15, -0.1) is 11.3 Å². The lowest BCUT2D eigenvalue weighted by Crippen LogP contribution is -2.13. The van der Waals surface area contributed by atoms with E-state index in [2.05, 4.69) is 20.3 Å². The zero-order chi connectivity index (χ0) is 16.2. The van der Waals surface area contributed by atoms with Crippen LogP contribution in [-0.2, 0) is 0 Å². The van der Waals surface area contributed by atoms with Crippen LogP contribution in [0, 0.1) is 10.1 Å². The first-order chi connectivity index (χ1) is 11.1. The van der Waals surface area contributed by atoms with Crippen LogP contribution in [0.1, 0.15) is 10.5 Å². The molecule has 3 rings (SSSR count). The summed E-state index contributed by atoms with van der Waals surface area (Å²) in [4.78, 5) is 34.2. The molecule has 0 radical (unpaired) electrons. The minimum Gasteiger partial charge on any atom is -0.296 e. The van der Waals surface area contributed by atoms with Crippen molar-refractivity contribution < 1.29 is 9.72 Å². The second-order valence-corrected chi connectivity index (χ2v) is 5.24. The molecule has 0 aliphatic heterocycles. The van der Waals surface area contributed by atoms with Crippen molar-refractivity contribution in [2.75, 3.05) is 5.32 Å². The Morgan fingerprint density at radius 1 is 1.22 bits per heavy atom. The van der Waals surface area contributed by atoms with Gasteiger partial charge in [0.25, 0.3) is 11.6 Å². The van der Waals surface area contributed by atoms with Gasteiger partial charge in [0.05, 0.1) is 16.8 Å². The fourth-order valence-corrected chi connectivity index (χ4v) is 2.51. The number of carbonyl (C=O) groups is 1. The summed E-state index contributed by atoms with van der Waals surface area (Å²) in [7, 11) is 0. The van der Waals surface area contributed by atoms with E-state index >= 15 is 0 Å². The van der Waals surface area contributed by atoms with Crippen LogP contribution in [0.25, 0.3) is 11.3 Å². The maximum atomic E-state index is 12.0. The van der Waals surface area contributed by atoms with Crippen LogP contribution in [0.4, 0.5) is 10.8 Å². The van der Waals surface area contributed by atoms with E-state index in [4.69, 9.17) is 0 Å². The number of nitro benzene ring substituents is 1.